The smallest absolute Gasteiger partial charge is 0.269 e. The van der Waals surface area contributed by atoms with Crippen LogP contribution in [0.2, 0.25) is 0 Å². The van der Waals surface area contributed by atoms with Crippen LogP contribution in [-0.4, -0.2) is 58.3 Å². The van der Waals surface area contributed by atoms with Crippen molar-refractivity contribution in [2.45, 2.75) is 26.8 Å². The fourth-order valence-electron chi connectivity index (χ4n) is 2.75. The number of benzene rings is 1. The zero-order chi connectivity index (χ0) is 18.2. The standard InChI is InChI=1S/C18H27N3O3S/c1-15(2)6-11-25-14-18(22)20-9-7-19(8-10-20)13-16-4-3-5-17(12-16)21(23)24/h3-5,12,15H,6-11,13-14H2,1-2H3. The summed E-state index contributed by atoms with van der Waals surface area (Å²) >= 11 is 1.72. The average molecular weight is 365 g/mol. The van der Waals surface area contributed by atoms with E-state index >= 15 is 0 Å². The van der Waals surface area contributed by atoms with E-state index in [0.717, 1.165) is 43.9 Å². The summed E-state index contributed by atoms with van der Waals surface area (Å²) in [6, 6.07) is 6.78. The van der Waals surface area contributed by atoms with Gasteiger partial charge in [0.15, 0.2) is 0 Å². The van der Waals surface area contributed by atoms with Crippen LogP contribution < -0.4 is 0 Å². The van der Waals surface area contributed by atoms with Crippen LogP contribution in [0.5, 0.6) is 0 Å². The Morgan fingerprint density at radius 1 is 1.28 bits per heavy atom. The molecule has 1 fully saturated rings. The number of carbonyl (C=O) groups excluding carboxylic acids is 1. The third-order valence-corrected chi connectivity index (χ3v) is 5.29. The molecule has 1 aliphatic rings. The molecule has 7 heteroatoms. The number of nitro benzene ring substituents is 1. The first-order valence-electron chi connectivity index (χ1n) is 8.77. The lowest BCUT2D eigenvalue weighted by atomic mass is 10.1. The van der Waals surface area contributed by atoms with Gasteiger partial charge in [-0.1, -0.05) is 26.0 Å². The molecule has 0 N–H and O–H groups in total. The van der Waals surface area contributed by atoms with Crippen LogP contribution in [0.25, 0.3) is 0 Å². The van der Waals surface area contributed by atoms with E-state index in [0.29, 0.717) is 18.2 Å². The van der Waals surface area contributed by atoms with Gasteiger partial charge in [-0.25, -0.2) is 0 Å². The lowest BCUT2D eigenvalue weighted by Gasteiger charge is -2.34. The van der Waals surface area contributed by atoms with Crippen molar-refractivity contribution in [2.75, 3.05) is 37.7 Å². The van der Waals surface area contributed by atoms with E-state index in [2.05, 4.69) is 18.7 Å². The molecule has 0 bridgehead atoms. The first-order chi connectivity index (χ1) is 12.0. The van der Waals surface area contributed by atoms with Gasteiger partial charge in [-0.05, 0) is 23.7 Å². The monoisotopic (exact) mass is 365 g/mol. The van der Waals surface area contributed by atoms with Gasteiger partial charge in [0.05, 0.1) is 10.7 Å². The van der Waals surface area contributed by atoms with Gasteiger partial charge in [0.2, 0.25) is 5.91 Å². The first kappa shape index (κ1) is 19.7. The van der Waals surface area contributed by atoms with Crippen molar-refractivity contribution in [1.82, 2.24) is 9.80 Å². The fourth-order valence-corrected chi connectivity index (χ4v) is 3.89. The zero-order valence-electron chi connectivity index (χ0n) is 15.0. The average Bonchev–Trinajstić information content (AvgIpc) is 2.59. The minimum atomic E-state index is -0.364. The fraction of sp³-hybridized carbons (Fsp3) is 0.611. The summed E-state index contributed by atoms with van der Waals surface area (Å²) in [5.41, 5.74) is 1.07. The van der Waals surface area contributed by atoms with Crippen molar-refractivity contribution in [3.63, 3.8) is 0 Å². The molecule has 1 amide bonds. The molecule has 0 unspecified atom stereocenters. The summed E-state index contributed by atoms with van der Waals surface area (Å²) in [5.74, 6) is 2.51. The summed E-state index contributed by atoms with van der Waals surface area (Å²) in [7, 11) is 0. The van der Waals surface area contributed by atoms with E-state index in [1.54, 1.807) is 23.9 Å². The molecule has 1 aromatic carbocycles. The summed E-state index contributed by atoms with van der Waals surface area (Å²) in [5, 5.41) is 10.9. The molecule has 0 aromatic heterocycles. The van der Waals surface area contributed by atoms with E-state index in [1.165, 1.54) is 6.07 Å². The number of non-ortho nitro benzene ring substituents is 1. The molecule has 2 rings (SSSR count). The molecule has 1 aromatic rings. The Kier molecular flexibility index (Phi) is 7.71. The number of hydrogen-bond donors (Lipinski definition) is 0. The molecule has 1 aliphatic heterocycles. The van der Waals surface area contributed by atoms with Crippen molar-refractivity contribution in [3.8, 4) is 0 Å². The largest absolute Gasteiger partial charge is 0.339 e. The van der Waals surface area contributed by atoms with Crippen molar-refractivity contribution < 1.29 is 9.72 Å². The quantitative estimate of drug-likeness (QED) is 0.402. The van der Waals surface area contributed by atoms with Crippen molar-refractivity contribution in [3.05, 3.63) is 39.9 Å². The van der Waals surface area contributed by atoms with Crippen LogP contribution >= 0.6 is 11.8 Å². The second kappa shape index (κ2) is 9.77. The molecular weight excluding hydrogens is 338 g/mol. The van der Waals surface area contributed by atoms with Crippen LogP contribution in [0, 0.1) is 16.0 Å². The molecular formula is C18H27N3O3S. The number of carbonyl (C=O) groups is 1. The molecule has 6 nitrogen and oxygen atoms in total. The molecule has 25 heavy (non-hydrogen) atoms. The summed E-state index contributed by atoms with van der Waals surface area (Å²) < 4.78 is 0. The number of rotatable bonds is 8. The van der Waals surface area contributed by atoms with E-state index in [9.17, 15) is 14.9 Å². The van der Waals surface area contributed by atoms with E-state index in [1.807, 2.05) is 11.0 Å². The highest BCUT2D eigenvalue weighted by molar-refractivity contribution is 7.99. The lowest BCUT2D eigenvalue weighted by Crippen LogP contribution is -2.48. The second-order valence-corrected chi connectivity index (χ2v) is 7.92. The van der Waals surface area contributed by atoms with E-state index in [4.69, 9.17) is 0 Å². The zero-order valence-corrected chi connectivity index (χ0v) is 15.8. The van der Waals surface area contributed by atoms with Gasteiger partial charge in [0.25, 0.3) is 5.69 Å². The maximum Gasteiger partial charge on any atom is 0.269 e. The molecule has 0 aliphatic carbocycles. The number of nitrogens with zero attached hydrogens (tertiary/aromatic N) is 3. The van der Waals surface area contributed by atoms with E-state index in [-0.39, 0.29) is 16.5 Å². The van der Waals surface area contributed by atoms with Gasteiger partial charge in [-0.3, -0.25) is 19.8 Å². The lowest BCUT2D eigenvalue weighted by molar-refractivity contribution is -0.384. The molecule has 0 saturated carbocycles. The molecule has 0 spiro atoms. The number of amides is 1. The predicted molar refractivity (Wildman–Crippen MR) is 102 cm³/mol. The molecule has 138 valence electrons. The summed E-state index contributed by atoms with van der Waals surface area (Å²) in [6.07, 6.45) is 1.15. The maximum atomic E-state index is 12.2. The van der Waals surface area contributed by atoms with Gasteiger partial charge < -0.3 is 4.90 Å². The number of thioether (sulfide) groups is 1. The SMILES string of the molecule is CC(C)CCSCC(=O)N1CCN(Cc2cccc([N+](=O)[O-])c2)CC1. The molecule has 1 heterocycles. The number of piperazine rings is 1. The Balaban J connectivity index is 1.73. The van der Waals surface area contributed by atoms with Crippen LogP contribution in [0.1, 0.15) is 25.8 Å². The van der Waals surface area contributed by atoms with Crippen molar-refractivity contribution >= 4 is 23.4 Å². The molecule has 0 atom stereocenters. The minimum absolute atomic E-state index is 0.129. The Bertz CT molecular complexity index is 587. The van der Waals surface area contributed by atoms with Gasteiger partial charge in [-0.2, -0.15) is 11.8 Å². The second-order valence-electron chi connectivity index (χ2n) is 6.82. The van der Waals surface area contributed by atoms with Crippen LogP contribution in [0.3, 0.4) is 0 Å². The van der Waals surface area contributed by atoms with Crippen molar-refractivity contribution in [1.29, 1.82) is 0 Å². The number of hydrogen-bond acceptors (Lipinski definition) is 5. The maximum absolute atomic E-state index is 12.2. The van der Waals surface area contributed by atoms with Gasteiger partial charge in [0.1, 0.15) is 0 Å². The Morgan fingerprint density at radius 3 is 2.64 bits per heavy atom. The van der Waals surface area contributed by atoms with Gasteiger partial charge in [-0.15, -0.1) is 0 Å². The van der Waals surface area contributed by atoms with Crippen LogP contribution in [0.15, 0.2) is 24.3 Å². The third-order valence-electron chi connectivity index (χ3n) is 4.32. The highest BCUT2D eigenvalue weighted by atomic mass is 32.2. The predicted octanol–water partition coefficient (Wildman–Crippen LogP) is 3.02. The van der Waals surface area contributed by atoms with Crippen molar-refractivity contribution in [2.24, 2.45) is 5.92 Å². The highest BCUT2D eigenvalue weighted by Crippen LogP contribution is 2.16. The van der Waals surface area contributed by atoms with Gasteiger partial charge >= 0.3 is 0 Å². The highest BCUT2D eigenvalue weighted by Gasteiger charge is 2.21. The van der Waals surface area contributed by atoms with Crippen LogP contribution in [-0.2, 0) is 11.3 Å². The van der Waals surface area contributed by atoms with Crippen LogP contribution in [0.4, 0.5) is 5.69 Å². The Morgan fingerprint density at radius 2 is 2.00 bits per heavy atom. The number of nitro groups is 1. The first-order valence-corrected chi connectivity index (χ1v) is 9.92. The minimum Gasteiger partial charge on any atom is -0.339 e. The Labute approximate surface area is 153 Å². The normalized spacial score (nSPS) is 15.6. The third kappa shape index (κ3) is 6.66. The Hall–Kier alpha value is -1.60. The van der Waals surface area contributed by atoms with E-state index < -0.39 is 0 Å². The summed E-state index contributed by atoms with van der Waals surface area (Å²) in [6.45, 7) is 8.17. The topological polar surface area (TPSA) is 66.7 Å². The summed E-state index contributed by atoms with van der Waals surface area (Å²) in [4.78, 5) is 26.9. The molecule has 1 saturated heterocycles. The molecule has 0 radical (unpaired) electrons. The van der Waals surface area contributed by atoms with Gasteiger partial charge in [0, 0.05) is 44.9 Å².